The zero-order valence-corrected chi connectivity index (χ0v) is 18.7. The number of anilines is 2. The molecule has 160 valence electrons. The Kier molecular flexibility index (Phi) is 6.56. The van der Waals surface area contributed by atoms with Gasteiger partial charge in [0.1, 0.15) is 0 Å². The number of rotatable bonds is 4. The fourth-order valence-corrected chi connectivity index (χ4v) is 3.09. The Morgan fingerprint density at radius 2 is 1.65 bits per heavy atom. The lowest BCUT2D eigenvalue weighted by molar-refractivity contribution is 0.0975. The summed E-state index contributed by atoms with van der Waals surface area (Å²) in [5.74, 6) is -0.428. The third-order valence-corrected chi connectivity index (χ3v) is 4.93. The second-order valence-corrected chi connectivity index (χ2v) is 8.60. The molecule has 0 aliphatic carbocycles. The van der Waals surface area contributed by atoms with Gasteiger partial charge in [0.15, 0.2) is 10.9 Å². The van der Waals surface area contributed by atoms with Gasteiger partial charge in [0, 0.05) is 16.9 Å². The highest BCUT2D eigenvalue weighted by Crippen LogP contribution is 2.23. The highest BCUT2D eigenvalue weighted by atomic mass is 32.1. The third-order valence-electron chi connectivity index (χ3n) is 4.73. The molecule has 31 heavy (non-hydrogen) atoms. The molecule has 1 heterocycles. The van der Waals surface area contributed by atoms with Crippen LogP contribution in [0.4, 0.5) is 11.4 Å². The second-order valence-electron chi connectivity index (χ2n) is 8.20. The number of benzene rings is 2. The predicted molar refractivity (Wildman–Crippen MR) is 127 cm³/mol. The first-order valence-electron chi connectivity index (χ1n) is 9.82. The van der Waals surface area contributed by atoms with Crippen LogP contribution >= 0.6 is 12.2 Å². The molecule has 0 saturated carbocycles. The van der Waals surface area contributed by atoms with E-state index < -0.39 is 0 Å². The van der Waals surface area contributed by atoms with Crippen LogP contribution in [0, 0.1) is 6.92 Å². The van der Waals surface area contributed by atoms with Gasteiger partial charge < -0.3 is 15.1 Å². The third kappa shape index (κ3) is 5.79. The van der Waals surface area contributed by atoms with Crippen LogP contribution in [0.2, 0.25) is 0 Å². The van der Waals surface area contributed by atoms with Crippen molar-refractivity contribution in [1.29, 1.82) is 0 Å². The highest BCUT2D eigenvalue weighted by molar-refractivity contribution is 7.80. The van der Waals surface area contributed by atoms with E-state index in [1.165, 1.54) is 6.26 Å². The van der Waals surface area contributed by atoms with Crippen LogP contribution in [-0.4, -0.2) is 16.9 Å². The number of furan rings is 1. The molecule has 0 fully saturated rings. The molecule has 0 atom stereocenters. The molecule has 2 aromatic carbocycles. The van der Waals surface area contributed by atoms with Crippen LogP contribution < -0.4 is 16.0 Å². The smallest absolute Gasteiger partial charge is 0.291 e. The quantitative estimate of drug-likeness (QED) is 0.487. The van der Waals surface area contributed by atoms with Gasteiger partial charge >= 0.3 is 0 Å². The largest absolute Gasteiger partial charge is 0.459 e. The molecule has 0 spiro atoms. The lowest BCUT2D eigenvalue weighted by Gasteiger charge is -2.19. The molecule has 0 unspecified atom stereocenters. The van der Waals surface area contributed by atoms with Crippen LogP contribution in [0.25, 0.3) is 0 Å². The summed E-state index contributed by atoms with van der Waals surface area (Å²) in [7, 11) is 0. The Labute approximate surface area is 187 Å². The minimum atomic E-state index is -0.352. The molecule has 6 nitrogen and oxygen atoms in total. The maximum atomic E-state index is 12.5. The number of hydrogen-bond donors (Lipinski definition) is 3. The Bertz CT molecular complexity index is 1100. The summed E-state index contributed by atoms with van der Waals surface area (Å²) in [6, 6.07) is 16.1. The average molecular weight is 436 g/mol. The zero-order chi connectivity index (χ0) is 22.6. The summed E-state index contributed by atoms with van der Waals surface area (Å²) in [5, 5.41) is 8.65. The molecule has 0 bridgehead atoms. The summed E-state index contributed by atoms with van der Waals surface area (Å²) < 4.78 is 5.10. The van der Waals surface area contributed by atoms with E-state index in [0.717, 1.165) is 11.1 Å². The number of thiocarbonyl (C=S) groups is 1. The highest BCUT2D eigenvalue weighted by Gasteiger charge is 2.15. The first-order valence-corrected chi connectivity index (χ1v) is 10.2. The van der Waals surface area contributed by atoms with E-state index in [1.54, 1.807) is 36.4 Å². The lowest BCUT2D eigenvalue weighted by atomic mass is 9.87. The van der Waals surface area contributed by atoms with Crippen molar-refractivity contribution in [2.45, 2.75) is 33.1 Å². The van der Waals surface area contributed by atoms with Gasteiger partial charge in [-0.05, 0) is 72.1 Å². The molecule has 2 amide bonds. The fourth-order valence-electron chi connectivity index (χ4n) is 2.89. The lowest BCUT2D eigenvalue weighted by Crippen LogP contribution is -2.34. The SMILES string of the molecule is Cc1ccc(NC(=O)c2ccco2)cc1NC(=S)NC(=O)c1ccc(C(C)(C)C)cc1. The number of amides is 2. The van der Waals surface area contributed by atoms with Crippen LogP contribution in [0.15, 0.2) is 65.3 Å². The van der Waals surface area contributed by atoms with Gasteiger partial charge in [-0.25, -0.2) is 0 Å². The Hall–Kier alpha value is -3.45. The Morgan fingerprint density at radius 3 is 2.26 bits per heavy atom. The van der Waals surface area contributed by atoms with E-state index in [-0.39, 0.29) is 28.1 Å². The van der Waals surface area contributed by atoms with E-state index in [2.05, 4.69) is 36.7 Å². The topological polar surface area (TPSA) is 83.4 Å². The van der Waals surface area contributed by atoms with Gasteiger partial charge in [-0.3, -0.25) is 14.9 Å². The standard InChI is InChI=1S/C24H25N3O3S/c1-15-7-12-18(25-22(29)20-6-5-13-30-20)14-19(15)26-23(31)27-21(28)16-8-10-17(11-9-16)24(2,3)4/h5-14H,1-4H3,(H,25,29)(H2,26,27,28,31). The van der Waals surface area contributed by atoms with Crippen molar-refractivity contribution < 1.29 is 14.0 Å². The molecular weight excluding hydrogens is 410 g/mol. The number of carbonyl (C=O) groups is 2. The molecular formula is C24H25N3O3S. The molecule has 0 radical (unpaired) electrons. The molecule has 3 rings (SSSR count). The maximum absolute atomic E-state index is 12.5. The van der Waals surface area contributed by atoms with Crippen molar-refractivity contribution in [2.24, 2.45) is 0 Å². The minimum Gasteiger partial charge on any atom is -0.459 e. The summed E-state index contributed by atoms with van der Waals surface area (Å²) >= 11 is 5.31. The van der Waals surface area contributed by atoms with Crippen molar-refractivity contribution in [2.75, 3.05) is 10.6 Å². The summed E-state index contributed by atoms with van der Waals surface area (Å²) in [6.07, 6.45) is 1.44. The molecule has 3 aromatic rings. The van der Waals surface area contributed by atoms with E-state index in [9.17, 15) is 9.59 Å². The molecule has 0 aliphatic rings. The van der Waals surface area contributed by atoms with E-state index in [1.807, 2.05) is 25.1 Å². The van der Waals surface area contributed by atoms with E-state index in [0.29, 0.717) is 16.9 Å². The van der Waals surface area contributed by atoms with Gasteiger partial charge in [-0.1, -0.05) is 39.0 Å². The van der Waals surface area contributed by atoms with Crippen LogP contribution in [0.3, 0.4) is 0 Å². The van der Waals surface area contributed by atoms with Crippen LogP contribution in [0.1, 0.15) is 52.8 Å². The van der Waals surface area contributed by atoms with Gasteiger partial charge in [0.2, 0.25) is 0 Å². The molecule has 0 saturated heterocycles. The van der Waals surface area contributed by atoms with Crippen molar-refractivity contribution in [3.8, 4) is 0 Å². The van der Waals surface area contributed by atoms with Crippen molar-refractivity contribution in [3.05, 3.63) is 83.3 Å². The molecule has 3 N–H and O–H groups in total. The number of nitrogens with one attached hydrogen (secondary N) is 3. The fraction of sp³-hybridized carbons (Fsp3) is 0.208. The van der Waals surface area contributed by atoms with Crippen molar-refractivity contribution in [3.63, 3.8) is 0 Å². The number of carbonyl (C=O) groups excluding carboxylic acids is 2. The first-order chi connectivity index (χ1) is 14.6. The Balaban J connectivity index is 1.64. The Morgan fingerprint density at radius 1 is 0.935 bits per heavy atom. The minimum absolute atomic E-state index is 0.0146. The molecule has 7 heteroatoms. The van der Waals surface area contributed by atoms with Gasteiger partial charge in [-0.2, -0.15) is 0 Å². The van der Waals surface area contributed by atoms with E-state index in [4.69, 9.17) is 16.6 Å². The molecule has 0 aliphatic heterocycles. The average Bonchev–Trinajstić information content (AvgIpc) is 3.25. The van der Waals surface area contributed by atoms with Crippen LogP contribution in [-0.2, 0) is 5.41 Å². The predicted octanol–water partition coefficient (Wildman–Crippen LogP) is 5.26. The van der Waals surface area contributed by atoms with Crippen LogP contribution in [0.5, 0.6) is 0 Å². The maximum Gasteiger partial charge on any atom is 0.291 e. The van der Waals surface area contributed by atoms with Gasteiger partial charge in [0.05, 0.1) is 6.26 Å². The summed E-state index contributed by atoms with van der Waals surface area (Å²) in [6.45, 7) is 8.26. The second kappa shape index (κ2) is 9.14. The monoisotopic (exact) mass is 435 g/mol. The molecule has 1 aromatic heterocycles. The number of aryl methyl sites for hydroxylation is 1. The first kappa shape index (κ1) is 22.2. The van der Waals surface area contributed by atoms with Crippen molar-refractivity contribution in [1.82, 2.24) is 5.32 Å². The van der Waals surface area contributed by atoms with Gasteiger partial charge in [0.25, 0.3) is 11.8 Å². The number of hydrogen-bond acceptors (Lipinski definition) is 4. The zero-order valence-electron chi connectivity index (χ0n) is 17.9. The normalized spacial score (nSPS) is 11.0. The van der Waals surface area contributed by atoms with Crippen molar-refractivity contribution >= 4 is 40.5 Å². The summed E-state index contributed by atoms with van der Waals surface area (Å²) in [4.78, 5) is 24.7. The summed E-state index contributed by atoms with van der Waals surface area (Å²) in [5.41, 5.74) is 3.83. The van der Waals surface area contributed by atoms with E-state index >= 15 is 0 Å². The van der Waals surface area contributed by atoms with Gasteiger partial charge in [-0.15, -0.1) is 0 Å².